The number of halogens is 5. The number of ether oxygens (including phenoxy) is 2. The molecule has 0 spiro atoms. The highest BCUT2D eigenvalue weighted by Gasteiger charge is 2.34. The van der Waals surface area contributed by atoms with Crippen LogP contribution in [-0.4, -0.2) is 83.0 Å². The zero-order chi connectivity index (χ0) is 35.3. The van der Waals surface area contributed by atoms with E-state index in [2.05, 4.69) is 10.2 Å². The molecule has 258 valence electrons. The molecule has 5 rings (SSSR count). The molecule has 0 atom stereocenters. The number of hydrogen-bond acceptors (Lipinski definition) is 8. The van der Waals surface area contributed by atoms with Gasteiger partial charge in [0.1, 0.15) is 22.5 Å². The van der Waals surface area contributed by atoms with Crippen molar-refractivity contribution in [1.29, 1.82) is 0 Å². The molecule has 0 radical (unpaired) electrons. The standard InChI is InChI=1S/C33H28ClF4N3O6S2/c34-25-16-20(1-5-24(25)33(36,37)38)19-2-6-27(47-14-11-40-9-12-46-13-10-40)21(15-19)17-28-30(43)41(32(48)49-28)8-7-29(42)39-22-3-4-23(31(44)45)26(35)18-22/h1-6,15-18H,7-14H2,(H,39,42)(H,44,45). The van der Waals surface area contributed by atoms with Crippen LogP contribution >= 0.6 is 35.6 Å². The summed E-state index contributed by atoms with van der Waals surface area (Å²) in [7, 11) is 0. The predicted octanol–water partition coefficient (Wildman–Crippen LogP) is 6.80. The Labute approximate surface area is 292 Å². The highest BCUT2D eigenvalue weighted by molar-refractivity contribution is 8.26. The molecule has 0 unspecified atom stereocenters. The van der Waals surface area contributed by atoms with E-state index in [-0.39, 0.29) is 27.9 Å². The maximum absolute atomic E-state index is 14.0. The fourth-order valence-electron chi connectivity index (χ4n) is 5.04. The minimum absolute atomic E-state index is 0.0492. The molecule has 16 heteroatoms. The van der Waals surface area contributed by atoms with Gasteiger partial charge in [0.15, 0.2) is 0 Å². The van der Waals surface area contributed by atoms with Crippen LogP contribution in [0.2, 0.25) is 5.02 Å². The van der Waals surface area contributed by atoms with Crippen molar-refractivity contribution in [2.75, 3.05) is 51.3 Å². The summed E-state index contributed by atoms with van der Waals surface area (Å²) in [5.41, 5.74) is -0.0248. The molecule has 2 heterocycles. The van der Waals surface area contributed by atoms with E-state index in [0.29, 0.717) is 48.8 Å². The first kappa shape index (κ1) is 36.3. The zero-order valence-corrected chi connectivity index (χ0v) is 27.9. The third kappa shape index (κ3) is 9.16. The number of carbonyl (C=O) groups excluding carboxylic acids is 2. The zero-order valence-electron chi connectivity index (χ0n) is 25.5. The van der Waals surface area contributed by atoms with Crippen LogP contribution in [0.5, 0.6) is 5.75 Å². The second kappa shape index (κ2) is 15.7. The number of carboxylic acid groups (broad SMARTS) is 1. The number of alkyl halides is 3. The molecule has 2 saturated heterocycles. The van der Waals surface area contributed by atoms with Crippen molar-refractivity contribution in [3.8, 4) is 16.9 Å². The average molecular weight is 738 g/mol. The molecule has 2 fully saturated rings. The molecule has 2 aliphatic heterocycles. The quantitative estimate of drug-likeness (QED) is 0.125. The van der Waals surface area contributed by atoms with E-state index in [9.17, 15) is 31.9 Å². The van der Waals surface area contributed by atoms with Gasteiger partial charge in [-0.05, 0) is 59.7 Å². The molecule has 0 saturated carbocycles. The summed E-state index contributed by atoms with van der Waals surface area (Å²) in [6, 6.07) is 11.6. The number of thioether (sulfide) groups is 1. The predicted molar refractivity (Wildman–Crippen MR) is 181 cm³/mol. The van der Waals surface area contributed by atoms with Gasteiger partial charge in [-0.15, -0.1) is 0 Å². The maximum Gasteiger partial charge on any atom is 0.417 e. The van der Waals surface area contributed by atoms with Crippen molar-refractivity contribution >= 4 is 69.4 Å². The van der Waals surface area contributed by atoms with Crippen LogP contribution in [-0.2, 0) is 20.5 Å². The molecular formula is C33H28ClF4N3O6S2. The number of amides is 2. The number of morpholine rings is 1. The van der Waals surface area contributed by atoms with E-state index < -0.39 is 45.9 Å². The number of anilines is 1. The fourth-order valence-corrected chi connectivity index (χ4v) is 6.63. The Kier molecular flexibility index (Phi) is 11.6. The van der Waals surface area contributed by atoms with Gasteiger partial charge < -0.3 is 19.9 Å². The Morgan fingerprint density at radius 2 is 1.78 bits per heavy atom. The molecule has 9 nitrogen and oxygen atoms in total. The molecule has 0 aliphatic carbocycles. The molecular weight excluding hydrogens is 710 g/mol. The van der Waals surface area contributed by atoms with E-state index in [4.69, 9.17) is 38.4 Å². The van der Waals surface area contributed by atoms with Crippen molar-refractivity contribution < 1.29 is 46.5 Å². The smallest absolute Gasteiger partial charge is 0.417 e. The van der Waals surface area contributed by atoms with E-state index >= 15 is 0 Å². The minimum Gasteiger partial charge on any atom is -0.492 e. The van der Waals surface area contributed by atoms with Gasteiger partial charge in [0, 0.05) is 43.9 Å². The number of benzene rings is 3. The third-order valence-corrected chi connectivity index (χ3v) is 9.28. The number of nitrogens with one attached hydrogen (secondary N) is 1. The summed E-state index contributed by atoms with van der Waals surface area (Å²) < 4.78 is 65.6. The average Bonchev–Trinajstić information content (AvgIpc) is 3.31. The van der Waals surface area contributed by atoms with Crippen LogP contribution in [0.15, 0.2) is 59.5 Å². The molecule has 2 aliphatic rings. The second-order valence-corrected chi connectivity index (χ2v) is 13.0. The van der Waals surface area contributed by atoms with Gasteiger partial charge in [-0.3, -0.25) is 19.4 Å². The first-order valence-corrected chi connectivity index (χ1v) is 16.4. The number of carbonyl (C=O) groups is 3. The minimum atomic E-state index is -4.61. The lowest BCUT2D eigenvalue weighted by Gasteiger charge is -2.26. The lowest BCUT2D eigenvalue weighted by atomic mass is 10.0. The highest BCUT2D eigenvalue weighted by atomic mass is 35.5. The van der Waals surface area contributed by atoms with Gasteiger partial charge in [0.05, 0.1) is 34.3 Å². The van der Waals surface area contributed by atoms with Crippen molar-refractivity contribution in [2.45, 2.75) is 12.6 Å². The Morgan fingerprint density at radius 1 is 1.06 bits per heavy atom. The van der Waals surface area contributed by atoms with Gasteiger partial charge >= 0.3 is 12.1 Å². The van der Waals surface area contributed by atoms with Crippen LogP contribution in [0.3, 0.4) is 0 Å². The Bertz CT molecular complexity index is 1820. The van der Waals surface area contributed by atoms with E-state index in [0.717, 1.165) is 43.1 Å². The number of thiocarbonyl (C=S) groups is 1. The molecule has 2 N–H and O–H groups in total. The number of nitrogens with zero attached hydrogens (tertiary/aromatic N) is 2. The second-order valence-electron chi connectivity index (χ2n) is 10.9. The molecule has 3 aromatic rings. The van der Waals surface area contributed by atoms with Crippen LogP contribution in [0.25, 0.3) is 17.2 Å². The Balaban J connectivity index is 1.33. The lowest BCUT2D eigenvalue weighted by molar-refractivity contribution is -0.137. The Hall–Kier alpha value is -4.02. The van der Waals surface area contributed by atoms with Crippen molar-refractivity contribution in [1.82, 2.24) is 9.80 Å². The van der Waals surface area contributed by atoms with Gasteiger partial charge in [-0.1, -0.05) is 47.7 Å². The summed E-state index contributed by atoms with van der Waals surface area (Å²) in [6.45, 7) is 3.63. The van der Waals surface area contributed by atoms with E-state index in [1.54, 1.807) is 24.3 Å². The number of rotatable bonds is 11. The van der Waals surface area contributed by atoms with Crippen molar-refractivity contribution in [3.05, 3.63) is 87.0 Å². The first-order valence-electron chi connectivity index (χ1n) is 14.8. The SMILES string of the molecule is O=C(CCN1C(=O)C(=Cc2cc(-c3ccc(C(F)(F)F)c(Cl)c3)ccc2OCCN2CCOCC2)SC1=S)Nc1ccc(C(=O)O)c(F)c1. The van der Waals surface area contributed by atoms with Crippen LogP contribution in [0.4, 0.5) is 23.2 Å². The monoisotopic (exact) mass is 737 g/mol. The summed E-state index contributed by atoms with van der Waals surface area (Å²) in [5, 5.41) is 11.0. The molecule has 0 aromatic heterocycles. The number of hydrogen-bond donors (Lipinski definition) is 2. The van der Waals surface area contributed by atoms with Crippen molar-refractivity contribution in [2.24, 2.45) is 0 Å². The first-order chi connectivity index (χ1) is 23.3. The molecule has 3 aromatic carbocycles. The fraction of sp³-hybridized carbons (Fsp3) is 0.273. The molecule has 2 amide bonds. The maximum atomic E-state index is 14.0. The van der Waals surface area contributed by atoms with Gasteiger partial charge in [0.2, 0.25) is 5.91 Å². The molecule has 49 heavy (non-hydrogen) atoms. The summed E-state index contributed by atoms with van der Waals surface area (Å²) >= 11 is 12.4. The van der Waals surface area contributed by atoms with Crippen molar-refractivity contribution in [3.63, 3.8) is 0 Å². The third-order valence-electron chi connectivity index (χ3n) is 7.59. The largest absolute Gasteiger partial charge is 0.492 e. The van der Waals surface area contributed by atoms with Crippen LogP contribution in [0.1, 0.15) is 27.9 Å². The highest BCUT2D eigenvalue weighted by Crippen LogP contribution is 2.39. The topological polar surface area (TPSA) is 108 Å². The van der Waals surface area contributed by atoms with Crippen LogP contribution < -0.4 is 10.1 Å². The summed E-state index contributed by atoms with van der Waals surface area (Å²) in [4.78, 5) is 40.7. The van der Waals surface area contributed by atoms with Crippen LogP contribution in [0, 0.1) is 5.82 Å². The normalized spacial score (nSPS) is 16.3. The van der Waals surface area contributed by atoms with Gasteiger partial charge in [-0.2, -0.15) is 13.2 Å². The van der Waals surface area contributed by atoms with E-state index in [1.807, 2.05) is 0 Å². The van der Waals surface area contributed by atoms with E-state index in [1.165, 1.54) is 23.1 Å². The molecule has 0 bridgehead atoms. The summed E-state index contributed by atoms with van der Waals surface area (Å²) in [6.07, 6.45) is -3.23. The van der Waals surface area contributed by atoms with Gasteiger partial charge in [-0.25, -0.2) is 9.18 Å². The number of carboxylic acids is 1. The number of aromatic carboxylic acids is 1. The van der Waals surface area contributed by atoms with Gasteiger partial charge in [0.25, 0.3) is 5.91 Å². The summed E-state index contributed by atoms with van der Waals surface area (Å²) in [5.74, 6) is -3.05. The lowest BCUT2D eigenvalue weighted by Crippen LogP contribution is -2.38. The Morgan fingerprint density at radius 3 is 2.45 bits per heavy atom.